The van der Waals surface area contributed by atoms with E-state index in [-0.39, 0.29) is 0 Å². The normalized spacial score (nSPS) is 19.6. The Morgan fingerprint density at radius 3 is 2.79 bits per heavy atom. The molecule has 2 heteroatoms. The maximum absolute atomic E-state index is 5.95. The van der Waals surface area contributed by atoms with Crippen LogP contribution in [0.25, 0.3) is 0 Å². The molecular formula is C12H17NO. The fourth-order valence-electron chi connectivity index (χ4n) is 1.86. The van der Waals surface area contributed by atoms with Crippen LogP contribution in [0.5, 0.6) is 5.75 Å². The molecule has 0 radical (unpaired) electrons. The van der Waals surface area contributed by atoms with E-state index in [1.807, 2.05) is 6.07 Å². The van der Waals surface area contributed by atoms with E-state index in [4.69, 9.17) is 10.5 Å². The molecule has 2 nitrogen and oxygen atoms in total. The average molecular weight is 191 g/mol. The number of rotatable bonds is 1. The molecule has 0 spiro atoms. The minimum Gasteiger partial charge on any atom is -0.490 e. The van der Waals surface area contributed by atoms with Crippen molar-refractivity contribution in [2.45, 2.75) is 32.6 Å². The SMILES string of the molecule is CC(C)c1cc(N)c2c(c1)C(C)CO2. The summed E-state index contributed by atoms with van der Waals surface area (Å²) < 4.78 is 5.55. The number of nitrogens with two attached hydrogens (primary N) is 1. The van der Waals surface area contributed by atoms with Crippen molar-refractivity contribution in [3.8, 4) is 5.75 Å². The third-order valence-corrected chi connectivity index (χ3v) is 2.84. The van der Waals surface area contributed by atoms with Crippen LogP contribution in [0, 0.1) is 0 Å². The number of benzene rings is 1. The Labute approximate surface area is 85.1 Å². The molecule has 1 unspecified atom stereocenters. The zero-order valence-electron chi connectivity index (χ0n) is 9.00. The lowest BCUT2D eigenvalue weighted by Crippen LogP contribution is -1.95. The minimum absolute atomic E-state index is 0.478. The van der Waals surface area contributed by atoms with Gasteiger partial charge < -0.3 is 10.5 Å². The predicted molar refractivity (Wildman–Crippen MR) is 58.9 cm³/mol. The van der Waals surface area contributed by atoms with Crippen LogP contribution in [0.15, 0.2) is 12.1 Å². The standard InChI is InChI=1S/C12H17NO/c1-7(2)9-4-10-8(3)6-14-12(10)11(13)5-9/h4-5,7-8H,6,13H2,1-3H3. The van der Waals surface area contributed by atoms with Crippen LogP contribution in [0.3, 0.4) is 0 Å². The van der Waals surface area contributed by atoms with E-state index < -0.39 is 0 Å². The molecule has 0 aliphatic carbocycles. The lowest BCUT2D eigenvalue weighted by atomic mass is 9.95. The van der Waals surface area contributed by atoms with Gasteiger partial charge in [-0.3, -0.25) is 0 Å². The van der Waals surface area contributed by atoms with Crippen molar-refractivity contribution in [3.05, 3.63) is 23.3 Å². The van der Waals surface area contributed by atoms with Gasteiger partial charge >= 0.3 is 0 Å². The summed E-state index contributed by atoms with van der Waals surface area (Å²) in [6, 6.07) is 4.26. The first-order valence-electron chi connectivity index (χ1n) is 5.15. The first-order valence-corrected chi connectivity index (χ1v) is 5.15. The van der Waals surface area contributed by atoms with Crippen molar-refractivity contribution >= 4 is 5.69 Å². The largest absolute Gasteiger partial charge is 0.490 e. The Kier molecular flexibility index (Phi) is 2.14. The summed E-state index contributed by atoms with van der Waals surface area (Å²) in [7, 11) is 0. The van der Waals surface area contributed by atoms with E-state index in [0.29, 0.717) is 11.8 Å². The Balaban J connectivity index is 2.52. The minimum atomic E-state index is 0.478. The van der Waals surface area contributed by atoms with Gasteiger partial charge in [0.1, 0.15) is 5.75 Å². The number of hydrogen-bond acceptors (Lipinski definition) is 2. The summed E-state index contributed by atoms with van der Waals surface area (Å²) >= 11 is 0. The number of ether oxygens (including phenoxy) is 1. The van der Waals surface area contributed by atoms with E-state index in [1.54, 1.807) is 0 Å². The highest BCUT2D eigenvalue weighted by molar-refractivity contribution is 5.61. The fourth-order valence-corrected chi connectivity index (χ4v) is 1.86. The van der Waals surface area contributed by atoms with Crippen LogP contribution in [0.4, 0.5) is 5.69 Å². The summed E-state index contributed by atoms with van der Waals surface area (Å²) in [6.07, 6.45) is 0. The number of hydrogen-bond donors (Lipinski definition) is 1. The van der Waals surface area contributed by atoms with Crippen molar-refractivity contribution in [1.82, 2.24) is 0 Å². The van der Waals surface area contributed by atoms with E-state index in [0.717, 1.165) is 18.0 Å². The van der Waals surface area contributed by atoms with Gasteiger partial charge in [-0.05, 0) is 17.5 Å². The van der Waals surface area contributed by atoms with Crippen LogP contribution in [-0.2, 0) is 0 Å². The maximum Gasteiger partial charge on any atom is 0.145 e. The highest BCUT2D eigenvalue weighted by Gasteiger charge is 2.23. The Hall–Kier alpha value is -1.18. The smallest absolute Gasteiger partial charge is 0.145 e. The topological polar surface area (TPSA) is 35.2 Å². The van der Waals surface area contributed by atoms with Gasteiger partial charge in [0.25, 0.3) is 0 Å². The Bertz CT molecular complexity index is 358. The second kappa shape index (κ2) is 3.19. The van der Waals surface area contributed by atoms with Crippen molar-refractivity contribution in [3.63, 3.8) is 0 Å². The third-order valence-electron chi connectivity index (χ3n) is 2.84. The summed E-state index contributed by atoms with van der Waals surface area (Å²) in [5.41, 5.74) is 9.31. The van der Waals surface area contributed by atoms with E-state index in [9.17, 15) is 0 Å². The van der Waals surface area contributed by atoms with Crippen LogP contribution < -0.4 is 10.5 Å². The van der Waals surface area contributed by atoms with Gasteiger partial charge in [0, 0.05) is 11.5 Å². The number of nitrogen functional groups attached to an aromatic ring is 1. The van der Waals surface area contributed by atoms with E-state index in [2.05, 4.69) is 26.8 Å². The van der Waals surface area contributed by atoms with Gasteiger partial charge in [0.15, 0.2) is 0 Å². The van der Waals surface area contributed by atoms with E-state index in [1.165, 1.54) is 11.1 Å². The van der Waals surface area contributed by atoms with Gasteiger partial charge in [-0.15, -0.1) is 0 Å². The molecule has 0 saturated carbocycles. The lowest BCUT2D eigenvalue weighted by Gasteiger charge is -2.10. The number of fused-ring (bicyclic) bond motifs is 1. The molecule has 0 bridgehead atoms. The molecule has 1 aliphatic heterocycles. The fraction of sp³-hybridized carbons (Fsp3) is 0.500. The molecule has 76 valence electrons. The van der Waals surface area contributed by atoms with Crippen LogP contribution >= 0.6 is 0 Å². The molecular weight excluding hydrogens is 174 g/mol. The predicted octanol–water partition coefficient (Wildman–Crippen LogP) is 2.89. The summed E-state index contributed by atoms with van der Waals surface area (Å²) in [4.78, 5) is 0. The zero-order valence-corrected chi connectivity index (χ0v) is 9.00. The van der Waals surface area contributed by atoms with Crippen molar-refractivity contribution in [1.29, 1.82) is 0 Å². The molecule has 0 saturated heterocycles. The van der Waals surface area contributed by atoms with Gasteiger partial charge in [0.05, 0.1) is 12.3 Å². The second-order valence-corrected chi connectivity index (χ2v) is 4.40. The molecule has 2 rings (SSSR count). The summed E-state index contributed by atoms with van der Waals surface area (Å²) in [6.45, 7) is 7.31. The van der Waals surface area contributed by atoms with Gasteiger partial charge in [-0.2, -0.15) is 0 Å². The average Bonchev–Trinajstić information content (AvgIpc) is 2.48. The quantitative estimate of drug-likeness (QED) is 0.693. The first kappa shape index (κ1) is 9.38. The lowest BCUT2D eigenvalue weighted by molar-refractivity contribution is 0.339. The van der Waals surface area contributed by atoms with Gasteiger partial charge in [-0.25, -0.2) is 0 Å². The molecule has 2 N–H and O–H groups in total. The summed E-state index contributed by atoms with van der Waals surface area (Å²) in [5, 5.41) is 0. The molecule has 1 heterocycles. The summed E-state index contributed by atoms with van der Waals surface area (Å²) in [5.74, 6) is 1.91. The monoisotopic (exact) mass is 191 g/mol. The van der Waals surface area contributed by atoms with Crippen LogP contribution in [0.1, 0.15) is 43.7 Å². The van der Waals surface area contributed by atoms with Crippen molar-refractivity contribution in [2.75, 3.05) is 12.3 Å². The molecule has 1 aromatic rings. The van der Waals surface area contributed by atoms with Gasteiger partial charge in [0.2, 0.25) is 0 Å². The molecule has 1 aliphatic rings. The first-order chi connectivity index (χ1) is 6.59. The second-order valence-electron chi connectivity index (χ2n) is 4.40. The number of anilines is 1. The molecule has 14 heavy (non-hydrogen) atoms. The van der Waals surface area contributed by atoms with Crippen molar-refractivity contribution in [2.24, 2.45) is 0 Å². The zero-order chi connectivity index (χ0) is 10.3. The van der Waals surface area contributed by atoms with E-state index >= 15 is 0 Å². The maximum atomic E-state index is 5.95. The Morgan fingerprint density at radius 2 is 2.14 bits per heavy atom. The molecule has 1 aromatic carbocycles. The molecule has 0 amide bonds. The molecule has 0 fully saturated rings. The van der Waals surface area contributed by atoms with Crippen LogP contribution in [-0.4, -0.2) is 6.61 Å². The highest BCUT2D eigenvalue weighted by Crippen LogP contribution is 2.40. The molecule has 1 atom stereocenters. The highest BCUT2D eigenvalue weighted by atomic mass is 16.5. The van der Waals surface area contributed by atoms with Crippen LogP contribution in [0.2, 0.25) is 0 Å². The van der Waals surface area contributed by atoms with Crippen molar-refractivity contribution < 1.29 is 4.74 Å². The van der Waals surface area contributed by atoms with Gasteiger partial charge in [-0.1, -0.05) is 26.8 Å². The molecule has 0 aromatic heterocycles. The third kappa shape index (κ3) is 1.35. The Morgan fingerprint density at radius 1 is 1.43 bits per heavy atom.